The van der Waals surface area contributed by atoms with Crippen molar-refractivity contribution in [3.63, 3.8) is 0 Å². The molecular formula is C25H20N2O4S. The summed E-state index contributed by atoms with van der Waals surface area (Å²) in [4.78, 5) is 26.4. The van der Waals surface area contributed by atoms with Crippen LogP contribution in [0, 0.1) is 0 Å². The van der Waals surface area contributed by atoms with E-state index >= 15 is 0 Å². The summed E-state index contributed by atoms with van der Waals surface area (Å²) in [6.07, 6.45) is 0. The minimum atomic E-state index is -3.37. The van der Waals surface area contributed by atoms with Crippen molar-refractivity contribution in [3.05, 3.63) is 88.2 Å². The molecule has 0 fully saturated rings. The Hall–Kier alpha value is -3.71. The van der Waals surface area contributed by atoms with Gasteiger partial charge in [0.05, 0.1) is 27.4 Å². The van der Waals surface area contributed by atoms with Gasteiger partial charge in [-0.05, 0) is 41.5 Å². The third kappa shape index (κ3) is 2.97. The molecule has 3 aromatic carbocycles. The van der Waals surface area contributed by atoms with E-state index in [0.717, 1.165) is 11.1 Å². The number of anilines is 2. The van der Waals surface area contributed by atoms with Crippen LogP contribution in [0.5, 0.6) is 0 Å². The zero-order valence-corrected chi connectivity index (χ0v) is 18.4. The lowest BCUT2D eigenvalue weighted by Gasteiger charge is -2.23. The van der Waals surface area contributed by atoms with E-state index in [0.29, 0.717) is 33.4 Å². The topological polar surface area (TPSA) is 85.2 Å². The summed E-state index contributed by atoms with van der Waals surface area (Å²) in [5, 5.41) is 3.94. The van der Waals surface area contributed by atoms with E-state index in [9.17, 15) is 18.0 Å². The van der Waals surface area contributed by atoms with E-state index in [1.54, 1.807) is 68.6 Å². The molecule has 32 heavy (non-hydrogen) atoms. The van der Waals surface area contributed by atoms with Crippen LogP contribution in [-0.2, 0) is 16.9 Å². The zero-order valence-electron chi connectivity index (χ0n) is 17.5. The smallest absolute Gasteiger partial charge is 0.251 e. The second kappa shape index (κ2) is 7.17. The molecule has 4 aromatic rings. The van der Waals surface area contributed by atoms with E-state index in [-0.39, 0.29) is 22.0 Å². The average Bonchev–Trinajstić information content (AvgIpc) is 2.80. The summed E-state index contributed by atoms with van der Waals surface area (Å²) >= 11 is 0. The van der Waals surface area contributed by atoms with Crippen molar-refractivity contribution < 1.29 is 13.2 Å². The number of aryl methyl sites for hydroxylation is 1. The predicted octanol–water partition coefficient (Wildman–Crippen LogP) is 4.29. The number of rotatable bonds is 4. The summed E-state index contributed by atoms with van der Waals surface area (Å²) in [6.45, 7) is 1.60. The standard InChI is InChI=1S/C25H20N2O4S/c1-3-32(30,31)16-8-6-7-15(13-16)26-20-11-12-21-23-19(14-22(28)27(21)2)17-9-4-5-10-18(17)25(29)24(20)23/h4-14,26H,3H2,1-2H3. The maximum absolute atomic E-state index is 13.6. The number of carbonyl (C=O) groups excluding carboxylic acids is 1. The van der Waals surface area contributed by atoms with Crippen LogP contribution in [0.15, 0.2) is 76.4 Å². The highest BCUT2D eigenvalue weighted by atomic mass is 32.2. The Balaban J connectivity index is 1.76. The maximum atomic E-state index is 13.6. The molecule has 1 N–H and O–H groups in total. The largest absolute Gasteiger partial charge is 0.355 e. The number of aromatic nitrogens is 1. The van der Waals surface area contributed by atoms with Crippen molar-refractivity contribution in [2.75, 3.05) is 11.1 Å². The minimum Gasteiger partial charge on any atom is -0.355 e. The fourth-order valence-electron chi connectivity index (χ4n) is 4.25. The number of carbonyl (C=O) groups is 1. The lowest BCUT2D eigenvalue weighted by Crippen LogP contribution is -2.21. The molecular weight excluding hydrogens is 424 g/mol. The third-order valence-corrected chi connectivity index (χ3v) is 7.69. The van der Waals surface area contributed by atoms with Crippen LogP contribution in [-0.4, -0.2) is 24.5 Å². The molecule has 6 nitrogen and oxygen atoms in total. The first-order valence-corrected chi connectivity index (χ1v) is 11.9. The number of ketones is 1. The van der Waals surface area contributed by atoms with Gasteiger partial charge in [-0.2, -0.15) is 0 Å². The second-order valence-electron chi connectivity index (χ2n) is 7.77. The quantitative estimate of drug-likeness (QED) is 0.447. The van der Waals surface area contributed by atoms with Gasteiger partial charge in [0, 0.05) is 29.8 Å². The van der Waals surface area contributed by atoms with Crippen molar-refractivity contribution in [1.82, 2.24) is 4.57 Å². The number of nitrogens with one attached hydrogen (secondary N) is 1. The molecule has 0 unspecified atom stereocenters. The van der Waals surface area contributed by atoms with Gasteiger partial charge < -0.3 is 9.88 Å². The van der Waals surface area contributed by atoms with Crippen molar-refractivity contribution in [2.45, 2.75) is 11.8 Å². The van der Waals surface area contributed by atoms with Gasteiger partial charge in [0.1, 0.15) is 0 Å². The number of hydrogen-bond donors (Lipinski definition) is 1. The van der Waals surface area contributed by atoms with Crippen LogP contribution in [0.2, 0.25) is 0 Å². The van der Waals surface area contributed by atoms with E-state index in [2.05, 4.69) is 5.32 Å². The zero-order chi connectivity index (χ0) is 22.6. The molecule has 1 heterocycles. The van der Waals surface area contributed by atoms with Crippen LogP contribution >= 0.6 is 0 Å². The van der Waals surface area contributed by atoms with Gasteiger partial charge in [-0.15, -0.1) is 0 Å². The minimum absolute atomic E-state index is 0.00430. The molecule has 160 valence electrons. The molecule has 0 atom stereocenters. The second-order valence-corrected chi connectivity index (χ2v) is 10.0. The van der Waals surface area contributed by atoms with Crippen LogP contribution in [0.4, 0.5) is 11.4 Å². The molecule has 7 heteroatoms. The fraction of sp³-hybridized carbons (Fsp3) is 0.120. The van der Waals surface area contributed by atoms with Crippen LogP contribution < -0.4 is 10.9 Å². The summed E-state index contributed by atoms with van der Waals surface area (Å²) in [6, 6.07) is 18.9. The number of pyridine rings is 1. The number of fused-ring (bicyclic) bond motifs is 2. The summed E-state index contributed by atoms with van der Waals surface area (Å²) in [5.74, 6) is -0.137. The molecule has 0 spiro atoms. The monoisotopic (exact) mass is 444 g/mol. The maximum Gasteiger partial charge on any atom is 0.251 e. The Morgan fingerprint density at radius 2 is 1.62 bits per heavy atom. The van der Waals surface area contributed by atoms with Crippen LogP contribution in [0.3, 0.4) is 0 Å². The molecule has 0 saturated carbocycles. The van der Waals surface area contributed by atoms with Crippen LogP contribution in [0.1, 0.15) is 22.8 Å². The summed E-state index contributed by atoms with van der Waals surface area (Å²) in [5.41, 5.74) is 4.09. The predicted molar refractivity (Wildman–Crippen MR) is 126 cm³/mol. The molecule has 5 rings (SSSR count). The first-order chi connectivity index (χ1) is 15.3. The number of nitrogens with zero attached hydrogens (tertiary/aromatic N) is 1. The van der Waals surface area contributed by atoms with E-state index in [1.807, 2.05) is 12.1 Å². The molecule has 0 radical (unpaired) electrons. The van der Waals surface area contributed by atoms with Crippen molar-refractivity contribution in [2.24, 2.45) is 7.05 Å². The SMILES string of the molecule is CCS(=O)(=O)c1cccc(Nc2ccc3c4c(cc(=O)n3C)-c3ccccc3C(=O)c24)c1. The molecule has 0 bridgehead atoms. The van der Waals surface area contributed by atoms with E-state index in [4.69, 9.17) is 0 Å². The highest BCUT2D eigenvalue weighted by molar-refractivity contribution is 7.91. The molecule has 1 aliphatic rings. The molecule has 0 saturated heterocycles. The summed E-state index contributed by atoms with van der Waals surface area (Å²) < 4.78 is 26.1. The van der Waals surface area contributed by atoms with Crippen LogP contribution in [0.25, 0.3) is 22.0 Å². The van der Waals surface area contributed by atoms with Gasteiger partial charge in [0.25, 0.3) is 5.56 Å². The lowest BCUT2D eigenvalue weighted by atomic mass is 9.83. The van der Waals surface area contributed by atoms with Crippen molar-refractivity contribution in [1.29, 1.82) is 0 Å². The van der Waals surface area contributed by atoms with E-state index in [1.165, 1.54) is 4.57 Å². The number of benzene rings is 3. The van der Waals surface area contributed by atoms with E-state index < -0.39 is 9.84 Å². The molecule has 1 aromatic heterocycles. The highest BCUT2D eigenvalue weighted by Crippen LogP contribution is 2.42. The Labute approximate surface area is 185 Å². The Morgan fingerprint density at radius 1 is 0.875 bits per heavy atom. The lowest BCUT2D eigenvalue weighted by molar-refractivity contribution is 0.104. The number of hydrogen-bond acceptors (Lipinski definition) is 5. The van der Waals surface area contributed by atoms with Gasteiger partial charge in [0.15, 0.2) is 15.6 Å². The van der Waals surface area contributed by atoms with Gasteiger partial charge in [0.2, 0.25) is 0 Å². The normalized spacial score (nSPS) is 12.6. The van der Waals surface area contributed by atoms with Gasteiger partial charge in [-0.25, -0.2) is 8.42 Å². The first-order valence-electron chi connectivity index (χ1n) is 10.2. The molecule has 0 aliphatic heterocycles. The van der Waals surface area contributed by atoms with Gasteiger partial charge in [-0.3, -0.25) is 9.59 Å². The average molecular weight is 445 g/mol. The fourth-order valence-corrected chi connectivity index (χ4v) is 5.17. The third-order valence-electron chi connectivity index (χ3n) is 5.95. The molecule has 1 aliphatic carbocycles. The van der Waals surface area contributed by atoms with Gasteiger partial charge in [-0.1, -0.05) is 37.3 Å². The number of sulfone groups is 1. The highest BCUT2D eigenvalue weighted by Gasteiger charge is 2.29. The molecule has 0 amide bonds. The summed E-state index contributed by atoms with van der Waals surface area (Å²) in [7, 11) is -1.68. The van der Waals surface area contributed by atoms with Gasteiger partial charge >= 0.3 is 0 Å². The van der Waals surface area contributed by atoms with Crippen molar-refractivity contribution in [3.8, 4) is 11.1 Å². The Bertz CT molecular complexity index is 1600. The van der Waals surface area contributed by atoms with Crippen molar-refractivity contribution >= 4 is 37.9 Å². The first kappa shape index (κ1) is 20.2. The Kier molecular flexibility index (Phi) is 4.53. The Morgan fingerprint density at radius 3 is 2.38 bits per heavy atom.